The van der Waals surface area contributed by atoms with E-state index in [4.69, 9.17) is 5.26 Å². The van der Waals surface area contributed by atoms with Crippen LogP contribution in [0.25, 0.3) is 6.08 Å². The predicted molar refractivity (Wildman–Crippen MR) is 57.3 cm³/mol. The van der Waals surface area contributed by atoms with Crippen LogP contribution in [-0.4, -0.2) is 0 Å². The van der Waals surface area contributed by atoms with Gasteiger partial charge in [0.25, 0.3) is 0 Å². The fourth-order valence-electron chi connectivity index (χ4n) is 1.70. The summed E-state index contributed by atoms with van der Waals surface area (Å²) < 4.78 is 12.6. The van der Waals surface area contributed by atoms with E-state index in [9.17, 15) is 4.39 Å². The molecule has 2 heteroatoms. The monoisotopic (exact) mass is 201 g/mol. The second-order valence-electron chi connectivity index (χ2n) is 4.01. The van der Waals surface area contributed by atoms with Crippen molar-refractivity contribution in [2.24, 2.45) is 5.41 Å². The molecule has 0 N–H and O–H groups in total. The van der Waals surface area contributed by atoms with E-state index in [1.54, 1.807) is 12.1 Å². The summed E-state index contributed by atoms with van der Waals surface area (Å²) in [6, 6.07) is 8.63. The van der Waals surface area contributed by atoms with Crippen LogP contribution in [0.4, 0.5) is 4.39 Å². The average molecular weight is 201 g/mol. The van der Waals surface area contributed by atoms with E-state index in [1.165, 1.54) is 12.1 Å². The number of hydrogen-bond acceptors (Lipinski definition) is 1. The van der Waals surface area contributed by atoms with Crippen molar-refractivity contribution in [3.63, 3.8) is 0 Å². The zero-order valence-corrected chi connectivity index (χ0v) is 8.41. The molecule has 0 radical (unpaired) electrons. The Kier molecular flexibility index (Phi) is 2.55. The van der Waals surface area contributed by atoms with Gasteiger partial charge in [0.05, 0.1) is 11.5 Å². The van der Waals surface area contributed by atoms with Gasteiger partial charge in [0, 0.05) is 0 Å². The van der Waals surface area contributed by atoms with Crippen molar-refractivity contribution in [1.82, 2.24) is 0 Å². The molecular weight excluding hydrogens is 189 g/mol. The van der Waals surface area contributed by atoms with E-state index >= 15 is 0 Å². The normalized spacial score (nSPS) is 18.4. The van der Waals surface area contributed by atoms with Gasteiger partial charge in [0.1, 0.15) is 5.82 Å². The standard InChI is InChI=1S/C13H12FN/c14-12-4-2-11(3-5-12)6-9-13(10-15)7-1-8-13/h2-6,9H,1,7-8H2/b9-6+. The molecule has 76 valence electrons. The van der Waals surface area contributed by atoms with E-state index in [1.807, 2.05) is 12.2 Å². The summed E-state index contributed by atoms with van der Waals surface area (Å²) in [6.07, 6.45) is 6.87. The Morgan fingerprint density at radius 1 is 1.27 bits per heavy atom. The molecule has 0 amide bonds. The Labute approximate surface area is 88.8 Å². The molecule has 1 nitrogen and oxygen atoms in total. The van der Waals surface area contributed by atoms with Crippen LogP contribution in [-0.2, 0) is 0 Å². The van der Waals surface area contributed by atoms with E-state index in [-0.39, 0.29) is 11.2 Å². The molecule has 15 heavy (non-hydrogen) atoms. The summed E-state index contributed by atoms with van der Waals surface area (Å²) in [5.41, 5.74) is 0.687. The minimum atomic E-state index is -0.256. The lowest BCUT2D eigenvalue weighted by Gasteiger charge is -2.31. The van der Waals surface area contributed by atoms with Crippen molar-refractivity contribution in [3.8, 4) is 6.07 Å². The summed E-state index contributed by atoms with van der Waals surface area (Å²) in [5, 5.41) is 9.00. The van der Waals surface area contributed by atoms with Crippen molar-refractivity contribution in [3.05, 3.63) is 41.7 Å². The van der Waals surface area contributed by atoms with Gasteiger partial charge in [-0.25, -0.2) is 4.39 Å². The second-order valence-corrected chi connectivity index (χ2v) is 4.01. The molecule has 0 bridgehead atoms. The minimum absolute atomic E-state index is 0.231. The summed E-state index contributed by atoms with van der Waals surface area (Å²) in [4.78, 5) is 0. The molecule has 1 fully saturated rings. The van der Waals surface area contributed by atoms with Gasteiger partial charge in [0.15, 0.2) is 0 Å². The molecule has 0 aromatic heterocycles. The van der Waals surface area contributed by atoms with E-state index in [0.29, 0.717) is 0 Å². The first kappa shape index (κ1) is 9.92. The van der Waals surface area contributed by atoms with Crippen molar-refractivity contribution >= 4 is 6.08 Å². The Bertz CT molecular complexity index is 407. The second kappa shape index (κ2) is 3.86. The zero-order chi connectivity index (χ0) is 10.7. The lowest BCUT2D eigenvalue weighted by Crippen LogP contribution is -2.24. The fraction of sp³-hybridized carbons (Fsp3) is 0.308. The highest BCUT2D eigenvalue weighted by atomic mass is 19.1. The van der Waals surface area contributed by atoms with Crippen molar-refractivity contribution < 1.29 is 4.39 Å². The van der Waals surface area contributed by atoms with E-state index in [0.717, 1.165) is 24.8 Å². The minimum Gasteiger partial charge on any atom is -0.207 e. The number of nitriles is 1. The largest absolute Gasteiger partial charge is 0.207 e. The quantitative estimate of drug-likeness (QED) is 0.718. The third-order valence-electron chi connectivity index (χ3n) is 2.93. The molecule has 1 saturated carbocycles. The molecular formula is C13H12FN. The third-order valence-corrected chi connectivity index (χ3v) is 2.93. The van der Waals surface area contributed by atoms with Crippen LogP contribution >= 0.6 is 0 Å². The highest BCUT2D eigenvalue weighted by molar-refractivity contribution is 5.51. The SMILES string of the molecule is N#CC1(/C=C/c2ccc(F)cc2)CCC1. The van der Waals surface area contributed by atoms with E-state index < -0.39 is 0 Å². The van der Waals surface area contributed by atoms with Crippen LogP contribution in [0.2, 0.25) is 0 Å². The summed E-state index contributed by atoms with van der Waals surface area (Å²) in [6.45, 7) is 0. The number of nitrogens with zero attached hydrogens (tertiary/aromatic N) is 1. The maximum absolute atomic E-state index is 12.6. The molecule has 0 saturated heterocycles. The maximum Gasteiger partial charge on any atom is 0.123 e. The fourth-order valence-corrected chi connectivity index (χ4v) is 1.70. The van der Waals surface area contributed by atoms with Crippen LogP contribution in [0.5, 0.6) is 0 Å². The smallest absolute Gasteiger partial charge is 0.123 e. The van der Waals surface area contributed by atoms with E-state index in [2.05, 4.69) is 6.07 Å². The first-order valence-corrected chi connectivity index (χ1v) is 5.10. The predicted octanol–water partition coefficient (Wildman–Crippen LogP) is 3.53. The van der Waals surface area contributed by atoms with Gasteiger partial charge in [-0.2, -0.15) is 5.26 Å². The molecule has 1 aromatic carbocycles. The topological polar surface area (TPSA) is 23.8 Å². The van der Waals surface area contributed by atoms with Gasteiger partial charge >= 0.3 is 0 Å². The van der Waals surface area contributed by atoms with Crippen molar-refractivity contribution in [1.29, 1.82) is 5.26 Å². The average Bonchev–Trinajstić information content (AvgIpc) is 2.20. The molecule has 0 unspecified atom stereocenters. The Morgan fingerprint density at radius 3 is 2.40 bits per heavy atom. The number of allylic oxidation sites excluding steroid dienone is 1. The molecule has 2 rings (SSSR count). The first-order valence-electron chi connectivity index (χ1n) is 5.10. The summed E-state index contributed by atoms with van der Waals surface area (Å²) >= 11 is 0. The molecule has 0 heterocycles. The lowest BCUT2D eigenvalue weighted by molar-refractivity contribution is 0.289. The number of benzene rings is 1. The van der Waals surface area contributed by atoms with Crippen molar-refractivity contribution in [2.45, 2.75) is 19.3 Å². The summed E-state index contributed by atoms with van der Waals surface area (Å²) in [7, 11) is 0. The number of rotatable bonds is 2. The Hall–Kier alpha value is -1.62. The Morgan fingerprint density at radius 2 is 1.93 bits per heavy atom. The molecule has 0 aliphatic heterocycles. The van der Waals surface area contributed by atoms with Crippen LogP contribution in [0.1, 0.15) is 24.8 Å². The van der Waals surface area contributed by atoms with Crippen LogP contribution in [0, 0.1) is 22.6 Å². The van der Waals surface area contributed by atoms with Crippen LogP contribution in [0.15, 0.2) is 30.3 Å². The molecule has 1 aliphatic rings. The molecule has 0 spiro atoms. The maximum atomic E-state index is 12.6. The highest BCUT2D eigenvalue weighted by Crippen LogP contribution is 2.41. The van der Waals surface area contributed by atoms with Crippen LogP contribution in [0.3, 0.4) is 0 Å². The van der Waals surface area contributed by atoms with Gasteiger partial charge in [-0.1, -0.05) is 24.3 Å². The van der Waals surface area contributed by atoms with Crippen LogP contribution < -0.4 is 0 Å². The zero-order valence-electron chi connectivity index (χ0n) is 8.41. The molecule has 0 atom stereocenters. The first-order chi connectivity index (χ1) is 7.24. The molecule has 1 aromatic rings. The van der Waals surface area contributed by atoms with Gasteiger partial charge in [0.2, 0.25) is 0 Å². The van der Waals surface area contributed by atoms with Gasteiger partial charge in [-0.05, 0) is 37.0 Å². The molecule has 1 aliphatic carbocycles. The highest BCUT2D eigenvalue weighted by Gasteiger charge is 2.34. The lowest BCUT2D eigenvalue weighted by atomic mass is 9.70. The number of hydrogen-bond donors (Lipinski definition) is 0. The van der Waals surface area contributed by atoms with Gasteiger partial charge in [-0.3, -0.25) is 0 Å². The third kappa shape index (κ3) is 2.07. The van der Waals surface area contributed by atoms with Gasteiger partial charge < -0.3 is 0 Å². The summed E-state index contributed by atoms with van der Waals surface area (Å²) in [5.74, 6) is -0.231. The van der Waals surface area contributed by atoms with Crippen molar-refractivity contribution in [2.75, 3.05) is 0 Å². The number of halogens is 1. The van der Waals surface area contributed by atoms with Gasteiger partial charge in [-0.15, -0.1) is 0 Å². The Balaban J connectivity index is 2.11.